The fraction of sp³-hybridized carbons (Fsp3) is 0.0476. The van der Waals surface area contributed by atoms with Crippen molar-refractivity contribution in [1.82, 2.24) is 5.43 Å². The number of hydrogen-bond acceptors (Lipinski definition) is 5. The zero-order valence-electron chi connectivity index (χ0n) is 15.1. The van der Waals surface area contributed by atoms with Crippen LogP contribution >= 0.6 is 11.6 Å². The molecule has 0 aromatic heterocycles. The van der Waals surface area contributed by atoms with Crippen LogP contribution in [0, 0.1) is 10.1 Å². The van der Waals surface area contributed by atoms with Gasteiger partial charge < -0.3 is 4.74 Å². The third-order valence-corrected chi connectivity index (χ3v) is 4.33. The smallest absolute Gasteiger partial charge is 0.275 e. The predicted octanol–water partition coefficient (Wildman–Crippen LogP) is 4.59. The first-order valence-electron chi connectivity index (χ1n) is 8.57. The first-order valence-corrected chi connectivity index (χ1v) is 8.95. The van der Waals surface area contributed by atoms with Gasteiger partial charge in [0.05, 0.1) is 16.7 Å². The number of rotatable bonds is 7. The van der Waals surface area contributed by atoms with Crippen molar-refractivity contribution in [2.24, 2.45) is 5.10 Å². The van der Waals surface area contributed by atoms with Crippen LogP contribution in [0.15, 0.2) is 77.9 Å². The van der Waals surface area contributed by atoms with Crippen LogP contribution in [0.5, 0.6) is 5.75 Å². The Bertz CT molecular complexity index is 1050. The number of carbonyl (C=O) groups excluding carboxylic acids is 1. The molecule has 29 heavy (non-hydrogen) atoms. The molecule has 0 aliphatic rings. The van der Waals surface area contributed by atoms with Gasteiger partial charge >= 0.3 is 0 Å². The first kappa shape index (κ1) is 20.0. The number of amides is 1. The van der Waals surface area contributed by atoms with Crippen molar-refractivity contribution in [3.05, 3.63) is 105 Å². The van der Waals surface area contributed by atoms with Crippen molar-refractivity contribution in [2.75, 3.05) is 0 Å². The van der Waals surface area contributed by atoms with E-state index in [9.17, 15) is 14.9 Å². The van der Waals surface area contributed by atoms with Crippen LogP contribution < -0.4 is 10.2 Å². The number of halogens is 1. The molecule has 0 spiro atoms. The highest BCUT2D eigenvalue weighted by Gasteiger charge is 2.12. The van der Waals surface area contributed by atoms with Crippen molar-refractivity contribution >= 4 is 29.4 Å². The lowest BCUT2D eigenvalue weighted by Crippen LogP contribution is -2.18. The molecule has 0 bridgehead atoms. The highest BCUT2D eigenvalue weighted by Crippen LogP contribution is 2.22. The normalized spacial score (nSPS) is 10.7. The average Bonchev–Trinajstić information content (AvgIpc) is 2.73. The van der Waals surface area contributed by atoms with Crippen LogP contribution in [0.4, 0.5) is 5.69 Å². The van der Waals surface area contributed by atoms with Crippen molar-refractivity contribution < 1.29 is 14.5 Å². The Morgan fingerprint density at radius 1 is 1.07 bits per heavy atom. The molecule has 0 aliphatic carbocycles. The van der Waals surface area contributed by atoms with Crippen LogP contribution in [0.25, 0.3) is 0 Å². The standard InChI is InChI=1S/C21H16ClN3O4/c22-19-7-3-1-5-16(19)14-29-20-8-4-2-6-18(20)21(26)24-23-13-15-9-11-17(12-10-15)25(27)28/h1-13H,14H2,(H,24,26)/b23-13+. The minimum absolute atomic E-state index is 0.0178. The number of hydrazone groups is 1. The maximum Gasteiger partial charge on any atom is 0.275 e. The molecule has 0 unspecified atom stereocenters. The summed E-state index contributed by atoms with van der Waals surface area (Å²) in [5, 5.41) is 15.1. The zero-order chi connectivity index (χ0) is 20.6. The summed E-state index contributed by atoms with van der Waals surface area (Å²) in [5.74, 6) is -0.0478. The van der Waals surface area contributed by atoms with E-state index in [4.69, 9.17) is 16.3 Å². The van der Waals surface area contributed by atoms with E-state index in [2.05, 4.69) is 10.5 Å². The SMILES string of the molecule is O=C(N/N=C/c1ccc([N+](=O)[O-])cc1)c1ccccc1OCc1ccccc1Cl. The Morgan fingerprint density at radius 3 is 2.48 bits per heavy atom. The van der Waals surface area contributed by atoms with Crippen LogP contribution in [0.2, 0.25) is 5.02 Å². The van der Waals surface area contributed by atoms with E-state index < -0.39 is 10.8 Å². The second-order valence-electron chi connectivity index (χ2n) is 5.92. The van der Waals surface area contributed by atoms with Crippen LogP contribution in [0.3, 0.4) is 0 Å². The number of hydrogen-bond donors (Lipinski definition) is 1. The van der Waals surface area contributed by atoms with E-state index in [1.165, 1.54) is 30.5 Å². The molecule has 0 atom stereocenters. The molecule has 3 aromatic rings. The molecule has 0 heterocycles. The topological polar surface area (TPSA) is 93.8 Å². The Hall–Kier alpha value is -3.71. The Kier molecular flexibility index (Phi) is 6.55. The lowest BCUT2D eigenvalue weighted by molar-refractivity contribution is -0.384. The molecular formula is C21H16ClN3O4. The number of carbonyl (C=O) groups is 1. The van der Waals surface area contributed by atoms with Gasteiger partial charge in [-0.15, -0.1) is 0 Å². The quantitative estimate of drug-likeness (QED) is 0.351. The van der Waals surface area contributed by atoms with Crippen LogP contribution in [-0.2, 0) is 6.61 Å². The molecule has 0 fully saturated rings. The summed E-state index contributed by atoms with van der Waals surface area (Å²) in [6.45, 7) is 0.218. The summed E-state index contributed by atoms with van der Waals surface area (Å²) in [7, 11) is 0. The number of non-ortho nitro benzene ring substituents is 1. The fourth-order valence-corrected chi connectivity index (χ4v) is 2.65. The largest absolute Gasteiger partial charge is 0.488 e. The molecule has 7 nitrogen and oxygen atoms in total. The summed E-state index contributed by atoms with van der Waals surface area (Å²) < 4.78 is 5.76. The molecule has 1 amide bonds. The number of para-hydroxylation sites is 1. The van der Waals surface area contributed by atoms with Gasteiger partial charge in [-0.2, -0.15) is 5.10 Å². The Labute approximate surface area is 171 Å². The molecule has 146 valence electrons. The molecule has 3 aromatic carbocycles. The van der Waals surface area contributed by atoms with Crippen molar-refractivity contribution in [1.29, 1.82) is 0 Å². The second-order valence-corrected chi connectivity index (χ2v) is 6.33. The number of nitro benzene ring substituents is 1. The first-order chi connectivity index (χ1) is 14.0. The number of nitrogens with one attached hydrogen (secondary N) is 1. The molecule has 0 radical (unpaired) electrons. The van der Waals surface area contributed by atoms with E-state index in [1.807, 2.05) is 18.2 Å². The maximum absolute atomic E-state index is 12.5. The fourth-order valence-electron chi connectivity index (χ4n) is 2.46. The highest BCUT2D eigenvalue weighted by molar-refractivity contribution is 6.31. The van der Waals surface area contributed by atoms with Crippen LogP contribution in [-0.4, -0.2) is 17.0 Å². The lowest BCUT2D eigenvalue weighted by Gasteiger charge is -2.11. The molecule has 8 heteroatoms. The number of nitrogens with zero attached hydrogens (tertiary/aromatic N) is 2. The molecule has 0 saturated heterocycles. The minimum atomic E-state index is -0.484. The predicted molar refractivity (Wildman–Crippen MR) is 110 cm³/mol. The van der Waals surface area contributed by atoms with Gasteiger partial charge in [-0.05, 0) is 35.9 Å². The van der Waals surface area contributed by atoms with Gasteiger partial charge in [0.2, 0.25) is 0 Å². The third kappa shape index (κ3) is 5.40. The van der Waals surface area contributed by atoms with Gasteiger partial charge in [0.1, 0.15) is 12.4 Å². The number of ether oxygens (including phenoxy) is 1. The van der Waals surface area contributed by atoms with E-state index in [1.54, 1.807) is 30.3 Å². The highest BCUT2D eigenvalue weighted by atomic mass is 35.5. The second kappa shape index (κ2) is 9.48. The number of benzene rings is 3. The van der Waals surface area contributed by atoms with E-state index in [0.29, 0.717) is 21.9 Å². The van der Waals surface area contributed by atoms with E-state index >= 15 is 0 Å². The van der Waals surface area contributed by atoms with Gasteiger partial charge in [0.15, 0.2) is 0 Å². The van der Waals surface area contributed by atoms with Gasteiger partial charge in [-0.1, -0.05) is 41.9 Å². The molecular weight excluding hydrogens is 394 g/mol. The minimum Gasteiger partial charge on any atom is -0.488 e. The zero-order valence-corrected chi connectivity index (χ0v) is 15.9. The molecule has 1 N–H and O–H groups in total. The van der Waals surface area contributed by atoms with Crippen molar-refractivity contribution in [3.8, 4) is 5.75 Å². The third-order valence-electron chi connectivity index (χ3n) is 3.96. The van der Waals surface area contributed by atoms with Crippen molar-refractivity contribution in [3.63, 3.8) is 0 Å². The lowest BCUT2D eigenvalue weighted by atomic mass is 10.2. The maximum atomic E-state index is 12.5. The van der Waals surface area contributed by atoms with Gasteiger partial charge in [0.25, 0.3) is 11.6 Å². The summed E-state index contributed by atoms with van der Waals surface area (Å²) >= 11 is 6.13. The van der Waals surface area contributed by atoms with Crippen molar-refractivity contribution in [2.45, 2.75) is 6.61 Å². The van der Waals surface area contributed by atoms with Gasteiger partial charge in [0, 0.05) is 22.7 Å². The monoisotopic (exact) mass is 409 g/mol. The van der Waals surface area contributed by atoms with E-state index in [0.717, 1.165) is 5.56 Å². The summed E-state index contributed by atoms with van der Waals surface area (Å²) in [6.07, 6.45) is 1.40. The van der Waals surface area contributed by atoms with Gasteiger partial charge in [-0.3, -0.25) is 14.9 Å². The summed E-state index contributed by atoms with van der Waals surface area (Å²) in [6, 6.07) is 19.9. The molecule has 0 saturated carbocycles. The average molecular weight is 410 g/mol. The number of nitro groups is 1. The van der Waals surface area contributed by atoms with Crippen LogP contribution in [0.1, 0.15) is 21.5 Å². The van der Waals surface area contributed by atoms with E-state index in [-0.39, 0.29) is 12.3 Å². The Balaban J connectivity index is 1.65. The Morgan fingerprint density at radius 2 is 1.76 bits per heavy atom. The molecule has 0 aliphatic heterocycles. The summed E-state index contributed by atoms with van der Waals surface area (Å²) in [5.41, 5.74) is 4.14. The van der Waals surface area contributed by atoms with Gasteiger partial charge in [-0.25, -0.2) is 5.43 Å². The summed E-state index contributed by atoms with van der Waals surface area (Å²) in [4.78, 5) is 22.6. The molecule has 3 rings (SSSR count).